The van der Waals surface area contributed by atoms with Gasteiger partial charge >= 0.3 is 0 Å². The minimum atomic E-state index is 0.683. The number of allylic oxidation sites excluding steroid dienone is 1. The normalized spacial score (nSPS) is 12.2. The molecule has 0 fully saturated rings. The van der Waals surface area contributed by atoms with Crippen LogP contribution in [0.3, 0.4) is 0 Å². The molecule has 0 aliphatic heterocycles. The molecule has 1 unspecified atom stereocenters. The maximum absolute atomic E-state index is 5.32. The van der Waals surface area contributed by atoms with Gasteiger partial charge in [0.15, 0.2) is 0 Å². The van der Waals surface area contributed by atoms with E-state index in [0.717, 1.165) is 17.7 Å². The van der Waals surface area contributed by atoms with Gasteiger partial charge in [-0.25, -0.2) is 0 Å². The fourth-order valence-electron chi connectivity index (χ4n) is 1.61. The molecule has 15 heavy (non-hydrogen) atoms. The van der Waals surface area contributed by atoms with Crippen LogP contribution in [0.4, 0.5) is 0 Å². The van der Waals surface area contributed by atoms with Crippen LogP contribution in [0.15, 0.2) is 30.8 Å². The molecule has 0 aromatic heterocycles. The summed E-state index contributed by atoms with van der Waals surface area (Å²) in [6.07, 6.45) is 2.23. The molecule has 0 saturated carbocycles. The molecule has 0 aliphatic rings. The second-order valence-corrected chi connectivity index (χ2v) is 4.02. The number of methoxy groups -OCH3 is 1. The third-order valence-corrected chi connectivity index (χ3v) is 2.78. The molecule has 0 aliphatic carbocycles. The van der Waals surface area contributed by atoms with Crippen molar-refractivity contribution in [1.29, 1.82) is 0 Å². The van der Waals surface area contributed by atoms with E-state index >= 15 is 0 Å². The molecule has 0 heterocycles. The largest absolute Gasteiger partial charge is 0.496 e. The molecule has 0 spiro atoms. The van der Waals surface area contributed by atoms with Crippen molar-refractivity contribution in [2.45, 2.75) is 26.7 Å². The topological polar surface area (TPSA) is 9.23 Å². The first kappa shape index (κ1) is 11.8. The molecule has 0 radical (unpaired) electrons. The Morgan fingerprint density at radius 1 is 1.40 bits per heavy atom. The van der Waals surface area contributed by atoms with E-state index in [2.05, 4.69) is 26.5 Å². The zero-order valence-corrected chi connectivity index (χ0v) is 9.92. The standard InChI is InChI=1S/C14H20O/c1-5-11(2)10-12(3)13-8-6-7-9-14(13)15-4/h6-9,11H,3,5,10H2,1-2,4H3. The van der Waals surface area contributed by atoms with Crippen LogP contribution in [0.5, 0.6) is 5.75 Å². The molecule has 1 atom stereocenters. The van der Waals surface area contributed by atoms with Gasteiger partial charge in [-0.1, -0.05) is 45.0 Å². The highest BCUT2D eigenvalue weighted by molar-refractivity contribution is 5.68. The molecule has 1 aromatic carbocycles. The minimum Gasteiger partial charge on any atom is -0.496 e. The molecule has 0 bridgehead atoms. The van der Waals surface area contributed by atoms with Crippen LogP contribution in [0.1, 0.15) is 32.3 Å². The van der Waals surface area contributed by atoms with Crippen LogP contribution >= 0.6 is 0 Å². The average Bonchev–Trinajstić information content (AvgIpc) is 2.28. The second-order valence-electron chi connectivity index (χ2n) is 4.02. The number of rotatable bonds is 5. The summed E-state index contributed by atoms with van der Waals surface area (Å²) in [5, 5.41) is 0. The predicted molar refractivity (Wildman–Crippen MR) is 66.1 cm³/mol. The molecule has 1 heteroatoms. The van der Waals surface area contributed by atoms with E-state index in [1.165, 1.54) is 12.0 Å². The van der Waals surface area contributed by atoms with Crippen LogP contribution < -0.4 is 4.74 Å². The van der Waals surface area contributed by atoms with Gasteiger partial charge in [0.25, 0.3) is 0 Å². The Labute approximate surface area is 92.8 Å². The Hall–Kier alpha value is -1.24. The highest BCUT2D eigenvalue weighted by Gasteiger charge is 2.08. The highest BCUT2D eigenvalue weighted by Crippen LogP contribution is 2.29. The fraction of sp³-hybridized carbons (Fsp3) is 0.429. The Balaban J connectivity index is 2.81. The van der Waals surface area contributed by atoms with Gasteiger partial charge < -0.3 is 4.74 Å². The molecule has 0 N–H and O–H groups in total. The van der Waals surface area contributed by atoms with Gasteiger partial charge in [0.1, 0.15) is 5.75 Å². The summed E-state index contributed by atoms with van der Waals surface area (Å²) in [7, 11) is 1.70. The maximum atomic E-state index is 5.32. The van der Waals surface area contributed by atoms with Crippen molar-refractivity contribution in [3.05, 3.63) is 36.4 Å². The lowest BCUT2D eigenvalue weighted by Crippen LogP contribution is -1.96. The van der Waals surface area contributed by atoms with Crippen LogP contribution in [0.25, 0.3) is 5.57 Å². The van der Waals surface area contributed by atoms with Crippen molar-refractivity contribution < 1.29 is 4.74 Å². The van der Waals surface area contributed by atoms with Crippen molar-refractivity contribution in [1.82, 2.24) is 0 Å². The monoisotopic (exact) mass is 204 g/mol. The van der Waals surface area contributed by atoms with E-state index in [0.29, 0.717) is 5.92 Å². The third-order valence-electron chi connectivity index (χ3n) is 2.78. The lowest BCUT2D eigenvalue weighted by Gasteiger charge is -2.14. The van der Waals surface area contributed by atoms with E-state index in [1.54, 1.807) is 7.11 Å². The van der Waals surface area contributed by atoms with Crippen molar-refractivity contribution in [2.24, 2.45) is 5.92 Å². The summed E-state index contributed by atoms with van der Waals surface area (Å²) in [5.74, 6) is 1.60. The Morgan fingerprint density at radius 2 is 2.07 bits per heavy atom. The molecular weight excluding hydrogens is 184 g/mol. The van der Waals surface area contributed by atoms with Crippen LogP contribution in [-0.4, -0.2) is 7.11 Å². The van der Waals surface area contributed by atoms with Crippen molar-refractivity contribution in [3.8, 4) is 5.75 Å². The smallest absolute Gasteiger partial charge is 0.126 e. The summed E-state index contributed by atoms with van der Waals surface area (Å²) in [6, 6.07) is 8.07. The van der Waals surface area contributed by atoms with Gasteiger partial charge in [0.05, 0.1) is 7.11 Å². The molecule has 1 nitrogen and oxygen atoms in total. The number of ether oxygens (including phenoxy) is 1. The number of hydrogen-bond acceptors (Lipinski definition) is 1. The zero-order valence-electron chi connectivity index (χ0n) is 9.92. The average molecular weight is 204 g/mol. The molecule has 82 valence electrons. The van der Waals surface area contributed by atoms with Gasteiger partial charge in [-0.05, 0) is 24.0 Å². The van der Waals surface area contributed by atoms with E-state index < -0.39 is 0 Å². The van der Waals surface area contributed by atoms with Gasteiger partial charge in [0, 0.05) is 5.56 Å². The first-order chi connectivity index (χ1) is 7.19. The molecule has 0 saturated heterocycles. The SMILES string of the molecule is C=C(CC(C)CC)c1ccccc1OC. The van der Waals surface area contributed by atoms with Crippen LogP contribution in [-0.2, 0) is 0 Å². The Morgan fingerprint density at radius 3 is 2.67 bits per heavy atom. The summed E-state index contributed by atoms with van der Waals surface area (Å²) >= 11 is 0. The summed E-state index contributed by atoms with van der Waals surface area (Å²) < 4.78 is 5.32. The van der Waals surface area contributed by atoms with E-state index in [9.17, 15) is 0 Å². The van der Waals surface area contributed by atoms with Crippen molar-refractivity contribution in [2.75, 3.05) is 7.11 Å². The maximum Gasteiger partial charge on any atom is 0.126 e. The van der Waals surface area contributed by atoms with Crippen molar-refractivity contribution >= 4 is 5.57 Å². The summed E-state index contributed by atoms with van der Waals surface area (Å²) in [6.45, 7) is 8.60. The van der Waals surface area contributed by atoms with Crippen molar-refractivity contribution in [3.63, 3.8) is 0 Å². The second kappa shape index (κ2) is 5.59. The van der Waals surface area contributed by atoms with Gasteiger partial charge in [-0.3, -0.25) is 0 Å². The van der Waals surface area contributed by atoms with Crippen LogP contribution in [0.2, 0.25) is 0 Å². The van der Waals surface area contributed by atoms with E-state index in [1.807, 2.05) is 18.2 Å². The van der Waals surface area contributed by atoms with Gasteiger partial charge in [-0.2, -0.15) is 0 Å². The number of hydrogen-bond donors (Lipinski definition) is 0. The summed E-state index contributed by atoms with van der Waals surface area (Å²) in [5.41, 5.74) is 2.31. The number of para-hydroxylation sites is 1. The van der Waals surface area contributed by atoms with Gasteiger partial charge in [0.2, 0.25) is 0 Å². The quantitative estimate of drug-likeness (QED) is 0.700. The van der Waals surface area contributed by atoms with E-state index in [4.69, 9.17) is 4.74 Å². The Bertz CT molecular complexity index is 328. The highest BCUT2D eigenvalue weighted by atomic mass is 16.5. The molecular formula is C14H20O. The minimum absolute atomic E-state index is 0.683. The first-order valence-electron chi connectivity index (χ1n) is 5.50. The molecule has 1 aromatic rings. The third kappa shape index (κ3) is 3.12. The lowest BCUT2D eigenvalue weighted by molar-refractivity contribution is 0.413. The lowest BCUT2D eigenvalue weighted by atomic mass is 9.94. The fourth-order valence-corrected chi connectivity index (χ4v) is 1.61. The van der Waals surface area contributed by atoms with E-state index in [-0.39, 0.29) is 0 Å². The Kier molecular flexibility index (Phi) is 4.41. The summed E-state index contributed by atoms with van der Waals surface area (Å²) in [4.78, 5) is 0. The van der Waals surface area contributed by atoms with Crippen LogP contribution in [0, 0.1) is 5.92 Å². The first-order valence-corrected chi connectivity index (χ1v) is 5.50. The molecule has 1 rings (SSSR count). The predicted octanol–water partition coefficient (Wildman–Crippen LogP) is 4.14. The molecule has 0 amide bonds. The zero-order chi connectivity index (χ0) is 11.3. The number of benzene rings is 1. The van der Waals surface area contributed by atoms with Gasteiger partial charge in [-0.15, -0.1) is 0 Å².